The van der Waals surface area contributed by atoms with Gasteiger partial charge >= 0.3 is 5.97 Å². The number of carbonyl (C=O) groups excluding carboxylic acids is 2. The van der Waals surface area contributed by atoms with Gasteiger partial charge in [-0.1, -0.05) is 0 Å². The van der Waals surface area contributed by atoms with Crippen molar-refractivity contribution in [3.05, 3.63) is 0 Å². The quantitative estimate of drug-likeness (QED) is 0.630. The Labute approximate surface area is 90.1 Å². The van der Waals surface area contributed by atoms with E-state index in [4.69, 9.17) is 9.47 Å². The number of esters is 1. The van der Waals surface area contributed by atoms with Gasteiger partial charge in [-0.2, -0.15) is 0 Å². The number of nitrogens with one attached hydrogen (secondary N) is 1. The molecule has 0 rings (SSSR count). The second-order valence-electron chi connectivity index (χ2n) is 3.28. The zero-order valence-corrected chi connectivity index (χ0v) is 9.54. The highest BCUT2D eigenvalue weighted by Gasteiger charge is 2.06. The molecule has 0 unspecified atom stereocenters. The van der Waals surface area contributed by atoms with Crippen LogP contribution in [0.5, 0.6) is 0 Å². The van der Waals surface area contributed by atoms with Gasteiger partial charge in [0, 0.05) is 13.2 Å². The number of rotatable bonds is 7. The van der Waals surface area contributed by atoms with E-state index in [9.17, 15) is 9.59 Å². The van der Waals surface area contributed by atoms with Crippen LogP contribution in [0.3, 0.4) is 0 Å². The molecule has 0 bridgehead atoms. The fourth-order valence-corrected chi connectivity index (χ4v) is 0.872. The van der Waals surface area contributed by atoms with Crippen molar-refractivity contribution in [2.45, 2.75) is 33.3 Å². The van der Waals surface area contributed by atoms with Crippen molar-refractivity contribution in [3.8, 4) is 0 Å². The van der Waals surface area contributed by atoms with Crippen LogP contribution >= 0.6 is 0 Å². The second kappa shape index (κ2) is 8.23. The summed E-state index contributed by atoms with van der Waals surface area (Å²) in [4.78, 5) is 22.1. The third-order valence-electron chi connectivity index (χ3n) is 1.46. The molecule has 15 heavy (non-hydrogen) atoms. The third kappa shape index (κ3) is 9.21. The lowest BCUT2D eigenvalue weighted by Crippen LogP contribution is -2.30. The Morgan fingerprint density at radius 2 is 2.00 bits per heavy atom. The van der Waals surface area contributed by atoms with Gasteiger partial charge in [-0.15, -0.1) is 0 Å². The van der Waals surface area contributed by atoms with Crippen LogP contribution < -0.4 is 5.32 Å². The molecule has 0 radical (unpaired) electrons. The van der Waals surface area contributed by atoms with Gasteiger partial charge in [0.15, 0.2) is 0 Å². The van der Waals surface area contributed by atoms with E-state index in [1.54, 1.807) is 13.8 Å². The molecule has 5 nitrogen and oxygen atoms in total. The molecule has 0 aliphatic carbocycles. The van der Waals surface area contributed by atoms with Crippen molar-refractivity contribution in [1.29, 1.82) is 0 Å². The average molecular weight is 217 g/mol. The summed E-state index contributed by atoms with van der Waals surface area (Å²) in [5.74, 6) is -0.518. The van der Waals surface area contributed by atoms with Gasteiger partial charge in [-0.25, -0.2) is 0 Å². The monoisotopic (exact) mass is 217 g/mol. The van der Waals surface area contributed by atoms with Crippen molar-refractivity contribution < 1.29 is 19.1 Å². The van der Waals surface area contributed by atoms with Gasteiger partial charge in [0.05, 0.1) is 12.5 Å². The largest absolute Gasteiger partial charge is 0.463 e. The molecule has 0 fully saturated rings. The van der Waals surface area contributed by atoms with E-state index in [1.807, 2.05) is 6.92 Å². The number of carbonyl (C=O) groups is 2. The topological polar surface area (TPSA) is 64.6 Å². The Morgan fingerprint density at radius 1 is 1.33 bits per heavy atom. The van der Waals surface area contributed by atoms with E-state index in [-0.39, 0.29) is 37.6 Å². The van der Waals surface area contributed by atoms with Crippen LogP contribution in [0, 0.1) is 0 Å². The molecule has 88 valence electrons. The van der Waals surface area contributed by atoms with E-state index >= 15 is 0 Å². The Balaban J connectivity index is 3.44. The lowest BCUT2D eigenvalue weighted by Gasteiger charge is -2.08. The number of hydrogen-bond acceptors (Lipinski definition) is 4. The van der Waals surface area contributed by atoms with Gasteiger partial charge in [0.1, 0.15) is 6.61 Å². The molecule has 0 spiro atoms. The number of hydrogen-bond donors (Lipinski definition) is 1. The molecule has 0 aromatic rings. The molecule has 0 aromatic heterocycles. The Morgan fingerprint density at radius 3 is 2.53 bits per heavy atom. The van der Waals surface area contributed by atoms with Crippen molar-refractivity contribution in [2.75, 3.05) is 19.8 Å². The van der Waals surface area contributed by atoms with Crippen LogP contribution in [-0.4, -0.2) is 37.7 Å². The first-order valence-electron chi connectivity index (χ1n) is 5.10. The van der Waals surface area contributed by atoms with Crippen molar-refractivity contribution in [3.63, 3.8) is 0 Å². The third-order valence-corrected chi connectivity index (χ3v) is 1.46. The van der Waals surface area contributed by atoms with Crippen LogP contribution in [0.2, 0.25) is 0 Å². The molecular formula is C10H19NO4. The molecule has 0 saturated carbocycles. The van der Waals surface area contributed by atoms with Crippen LogP contribution in [0.15, 0.2) is 0 Å². The van der Waals surface area contributed by atoms with Crippen LogP contribution in [-0.2, 0) is 19.1 Å². The highest BCUT2D eigenvalue weighted by molar-refractivity contribution is 5.78. The highest BCUT2D eigenvalue weighted by atomic mass is 16.5. The summed E-state index contributed by atoms with van der Waals surface area (Å²) in [6.07, 6.45) is 0.0763. The molecule has 5 heteroatoms. The minimum Gasteiger partial charge on any atom is -0.463 e. The van der Waals surface area contributed by atoms with Gasteiger partial charge < -0.3 is 14.8 Å². The maximum absolute atomic E-state index is 11.0. The van der Waals surface area contributed by atoms with E-state index in [0.29, 0.717) is 6.61 Å². The molecule has 0 heterocycles. The summed E-state index contributed by atoms with van der Waals surface area (Å²) >= 11 is 0. The summed E-state index contributed by atoms with van der Waals surface area (Å²) in [5.41, 5.74) is 0. The standard InChI is InChI=1S/C10H19NO4/c1-4-14-7-9(12)11-6-5-10(13)15-8(2)3/h8H,4-7H2,1-3H3,(H,11,12). The Bertz CT molecular complexity index is 204. The summed E-state index contributed by atoms with van der Waals surface area (Å²) in [6.45, 7) is 6.21. The first kappa shape index (κ1) is 13.9. The van der Waals surface area contributed by atoms with E-state index in [2.05, 4.69) is 5.32 Å². The molecule has 0 aromatic carbocycles. The van der Waals surface area contributed by atoms with Gasteiger partial charge in [-0.3, -0.25) is 9.59 Å². The Kier molecular flexibility index (Phi) is 7.62. The molecule has 0 aliphatic heterocycles. The molecule has 0 aliphatic rings. The zero-order chi connectivity index (χ0) is 11.7. The predicted molar refractivity (Wildman–Crippen MR) is 55.3 cm³/mol. The first-order valence-corrected chi connectivity index (χ1v) is 5.10. The summed E-state index contributed by atoms with van der Waals surface area (Å²) in [6, 6.07) is 0. The zero-order valence-electron chi connectivity index (χ0n) is 9.54. The van der Waals surface area contributed by atoms with Gasteiger partial charge in [-0.05, 0) is 20.8 Å². The Hall–Kier alpha value is -1.10. The molecule has 0 atom stereocenters. The van der Waals surface area contributed by atoms with Gasteiger partial charge in [0.25, 0.3) is 0 Å². The average Bonchev–Trinajstić information content (AvgIpc) is 2.13. The second-order valence-corrected chi connectivity index (χ2v) is 3.28. The van der Waals surface area contributed by atoms with Crippen LogP contribution in [0.1, 0.15) is 27.2 Å². The maximum Gasteiger partial charge on any atom is 0.307 e. The normalized spacial score (nSPS) is 10.1. The fourth-order valence-electron chi connectivity index (χ4n) is 0.872. The lowest BCUT2D eigenvalue weighted by atomic mass is 10.4. The first-order chi connectivity index (χ1) is 7.06. The van der Waals surface area contributed by atoms with Crippen LogP contribution in [0.4, 0.5) is 0 Å². The highest BCUT2D eigenvalue weighted by Crippen LogP contribution is 1.91. The van der Waals surface area contributed by atoms with Crippen molar-refractivity contribution >= 4 is 11.9 Å². The molecule has 0 saturated heterocycles. The minimum absolute atomic E-state index is 0.0374. The number of ether oxygens (including phenoxy) is 2. The van der Waals surface area contributed by atoms with E-state index < -0.39 is 0 Å². The van der Waals surface area contributed by atoms with Crippen molar-refractivity contribution in [2.24, 2.45) is 0 Å². The van der Waals surface area contributed by atoms with E-state index in [1.165, 1.54) is 0 Å². The maximum atomic E-state index is 11.0. The number of amides is 1. The smallest absolute Gasteiger partial charge is 0.307 e. The van der Waals surface area contributed by atoms with E-state index in [0.717, 1.165) is 0 Å². The predicted octanol–water partition coefficient (Wildman–Crippen LogP) is 0.481. The summed E-state index contributed by atoms with van der Waals surface area (Å²) < 4.78 is 9.78. The minimum atomic E-state index is -0.304. The van der Waals surface area contributed by atoms with Crippen LogP contribution in [0.25, 0.3) is 0 Å². The van der Waals surface area contributed by atoms with Gasteiger partial charge in [0.2, 0.25) is 5.91 Å². The van der Waals surface area contributed by atoms with Crippen molar-refractivity contribution in [1.82, 2.24) is 5.32 Å². The molecular weight excluding hydrogens is 198 g/mol. The summed E-state index contributed by atoms with van der Waals surface area (Å²) in [5, 5.41) is 2.56. The SMILES string of the molecule is CCOCC(=O)NCCC(=O)OC(C)C. The fraction of sp³-hybridized carbons (Fsp3) is 0.800. The molecule has 1 N–H and O–H groups in total. The lowest BCUT2D eigenvalue weighted by molar-refractivity contribution is -0.147. The summed E-state index contributed by atoms with van der Waals surface area (Å²) in [7, 11) is 0. The molecule has 1 amide bonds.